The van der Waals surface area contributed by atoms with E-state index < -0.39 is 0 Å². The SMILES string of the molecule is Cc1nccc2[nH]c(-c3ccc(N)cc3)nc12. The quantitative estimate of drug-likeness (QED) is 0.624. The van der Waals surface area contributed by atoms with Crippen molar-refractivity contribution >= 4 is 16.7 Å². The normalized spacial score (nSPS) is 10.9. The molecule has 84 valence electrons. The zero-order valence-electron chi connectivity index (χ0n) is 9.44. The molecular weight excluding hydrogens is 212 g/mol. The number of nitrogens with one attached hydrogen (secondary N) is 1. The van der Waals surface area contributed by atoms with E-state index in [0.717, 1.165) is 33.8 Å². The fourth-order valence-electron chi connectivity index (χ4n) is 1.85. The second-order valence-electron chi connectivity index (χ2n) is 4.00. The first-order chi connectivity index (χ1) is 8.24. The fraction of sp³-hybridized carbons (Fsp3) is 0.0769. The fourth-order valence-corrected chi connectivity index (χ4v) is 1.85. The number of hydrogen-bond donors (Lipinski definition) is 2. The molecule has 3 aromatic rings. The van der Waals surface area contributed by atoms with Gasteiger partial charge in [-0.2, -0.15) is 0 Å². The number of aromatic amines is 1. The van der Waals surface area contributed by atoms with Gasteiger partial charge in [-0.05, 0) is 37.3 Å². The highest BCUT2D eigenvalue weighted by molar-refractivity contribution is 5.81. The monoisotopic (exact) mass is 224 g/mol. The summed E-state index contributed by atoms with van der Waals surface area (Å²) < 4.78 is 0. The van der Waals surface area contributed by atoms with Gasteiger partial charge in [-0.25, -0.2) is 4.98 Å². The molecule has 0 bridgehead atoms. The molecule has 17 heavy (non-hydrogen) atoms. The van der Waals surface area contributed by atoms with Crippen molar-refractivity contribution < 1.29 is 0 Å². The van der Waals surface area contributed by atoms with Gasteiger partial charge in [0.1, 0.15) is 11.3 Å². The van der Waals surface area contributed by atoms with Gasteiger partial charge in [-0.15, -0.1) is 0 Å². The molecule has 0 saturated carbocycles. The summed E-state index contributed by atoms with van der Waals surface area (Å²) in [7, 11) is 0. The smallest absolute Gasteiger partial charge is 0.138 e. The van der Waals surface area contributed by atoms with Crippen molar-refractivity contribution in [1.29, 1.82) is 0 Å². The molecular formula is C13H12N4. The lowest BCUT2D eigenvalue weighted by atomic mass is 10.2. The molecule has 2 aromatic heterocycles. The maximum absolute atomic E-state index is 5.66. The molecule has 3 rings (SSSR count). The van der Waals surface area contributed by atoms with Crippen LogP contribution in [0.1, 0.15) is 5.69 Å². The first-order valence-electron chi connectivity index (χ1n) is 5.41. The highest BCUT2D eigenvalue weighted by Gasteiger charge is 2.06. The zero-order valence-corrected chi connectivity index (χ0v) is 9.44. The summed E-state index contributed by atoms with van der Waals surface area (Å²) in [6.45, 7) is 1.95. The van der Waals surface area contributed by atoms with E-state index in [-0.39, 0.29) is 0 Å². The minimum Gasteiger partial charge on any atom is -0.399 e. The maximum atomic E-state index is 5.66. The van der Waals surface area contributed by atoms with Crippen LogP contribution in [0.3, 0.4) is 0 Å². The van der Waals surface area contributed by atoms with E-state index in [2.05, 4.69) is 15.0 Å². The molecule has 4 nitrogen and oxygen atoms in total. The van der Waals surface area contributed by atoms with E-state index in [1.807, 2.05) is 37.3 Å². The van der Waals surface area contributed by atoms with E-state index in [9.17, 15) is 0 Å². The lowest BCUT2D eigenvalue weighted by molar-refractivity contribution is 1.22. The Hall–Kier alpha value is -2.36. The number of nitrogens with two attached hydrogens (primary N) is 1. The van der Waals surface area contributed by atoms with Crippen molar-refractivity contribution in [2.75, 3.05) is 5.73 Å². The molecule has 0 amide bonds. The van der Waals surface area contributed by atoms with Gasteiger partial charge >= 0.3 is 0 Å². The molecule has 0 unspecified atom stereocenters. The minimum absolute atomic E-state index is 0.753. The van der Waals surface area contributed by atoms with Gasteiger partial charge in [-0.1, -0.05) is 0 Å². The zero-order chi connectivity index (χ0) is 11.8. The maximum Gasteiger partial charge on any atom is 0.138 e. The van der Waals surface area contributed by atoms with Crippen LogP contribution in [0.4, 0.5) is 5.69 Å². The Morgan fingerprint density at radius 2 is 1.88 bits per heavy atom. The summed E-state index contributed by atoms with van der Waals surface area (Å²) in [5, 5.41) is 0. The number of fused-ring (bicyclic) bond motifs is 1. The van der Waals surface area contributed by atoms with Gasteiger partial charge < -0.3 is 10.7 Å². The van der Waals surface area contributed by atoms with Crippen LogP contribution in [-0.2, 0) is 0 Å². The van der Waals surface area contributed by atoms with Gasteiger partial charge in [0.2, 0.25) is 0 Å². The van der Waals surface area contributed by atoms with E-state index in [1.54, 1.807) is 6.20 Å². The number of nitrogen functional groups attached to an aromatic ring is 1. The molecule has 0 saturated heterocycles. The molecule has 0 atom stereocenters. The molecule has 2 heterocycles. The Balaban J connectivity index is 2.18. The number of anilines is 1. The molecule has 4 heteroatoms. The van der Waals surface area contributed by atoms with Crippen molar-refractivity contribution in [2.24, 2.45) is 0 Å². The number of aryl methyl sites for hydroxylation is 1. The van der Waals surface area contributed by atoms with Crippen molar-refractivity contribution in [1.82, 2.24) is 15.0 Å². The van der Waals surface area contributed by atoms with Gasteiger partial charge in [0, 0.05) is 17.4 Å². The van der Waals surface area contributed by atoms with Crippen molar-refractivity contribution in [3.05, 3.63) is 42.2 Å². The Kier molecular flexibility index (Phi) is 2.08. The minimum atomic E-state index is 0.753. The van der Waals surface area contributed by atoms with Crippen LogP contribution in [-0.4, -0.2) is 15.0 Å². The highest BCUT2D eigenvalue weighted by atomic mass is 14.9. The van der Waals surface area contributed by atoms with Crippen LogP contribution in [0.2, 0.25) is 0 Å². The second kappa shape index (κ2) is 3.59. The summed E-state index contributed by atoms with van der Waals surface area (Å²) in [6, 6.07) is 9.57. The Labute approximate surface area is 98.5 Å². The van der Waals surface area contributed by atoms with Gasteiger partial charge in [0.15, 0.2) is 0 Å². The molecule has 0 radical (unpaired) electrons. The van der Waals surface area contributed by atoms with E-state index in [0.29, 0.717) is 0 Å². The number of hydrogen-bond acceptors (Lipinski definition) is 3. The number of nitrogens with zero attached hydrogens (tertiary/aromatic N) is 2. The van der Waals surface area contributed by atoms with Crippen LogP contribution in [0, 0.1) is 6.92 Å². The predicted octanol–water partition coefficient (Wildman–Crippen LogP) is 2.52. The molecule has 0 aliphatic carbocycles. The first-order valence-corrected chi connectivity index (χ1v) is 5.41. The first kappa shape index (κ1) is 9.84. The molecule has 1 aromatic carbocycles. The number of rotatable bonds is 1. The van der Waals surface area contributed by atoms with Gasteiger partial charge in [0.25, 0.3) is 0 Å². The molecule has 0 aliphatic heterocycles. The van der Waals surface area contributed by atoms with Gasteiger partial charge in [0.05, 0.1) is 11.2 Å². The van der Waals surface area contributed by atoms with E-state index in [4.69, 9.17) is 5.73 Å². The number of pyridine rings is 1. The predicted molar refractivity (Wildman–Crippen MR) is 68.5 cm³/mol. The molecule has 0 fully saturated rings. The number of benzene rings is 1. The largest absolute Gasteiger partial charge is 0.399 e. The van der Waals surface area contributed by atoms with Crippen LogP contribution >= 0.6 is 0 Å². The number of H-pyrrole nitrogens is 1. The number of imidazole rings is 1. The summed E-state index contributed by atoms with van der Waals surface area (Å²) in [5.74, 6) is 0.844. The average molecular weight is 224 g/mol. The van der Waals surface area contributed by atoms with Crippen molar-refractivity contribution in [3.8, 4) is 11.4 Å². The van der Waals surface area contributed by atoms with Crippen molar-refractivity contribution in [2.45, 2.75) is 6.92 Å². The standard InChI is InChI=1S/C13H12N4/c1-8-12-11(6-7-15-8)16-13(17-12)9-2-4-10(14)5-3-9/h2-7H,14H2,1H3,(H,16,17). The topological polar surface area (TPSA) is 67.6 Å². The average Bonchev–Trinajstić information content (AvgIpc) is 2.75. The van der Waals surface area contributed by atoms with Crippen LogP contribution in [0.5, 0.6) is 0 Å². The third-order valence-corrected chi connectivity index (χ3v) is 2.77. The molecule has 0 spiro atoms. The van der Waals surface area contributed by atoms with Crippen molar-refractivity contribution in [3.63, 3.8) is 0 Å². The molecule has 0 aliphatic rings. The Morgan fingerprint density at radius 3 is 2.59 bits per heavy atom. The van der Waals surface area contributed by atoms with Crippen LogP contribution in [0.15, 0.2) is 36.5 Å². The lowest BCUT2D eigenvalue weighted by Gasteiger charge is -1.96. The third kappa shape index (κ3) is 1.63. The Bertz CT molecular complexity index is 667. The van der Waals surface area contributed by atoms with Gasteiger partial charge in [-0.3, -0.25) is 4.98 Å². The second-order valence-corrected chi connectivity index (χ2v) is 4.00. The van der Waals surface area contributed by atoms with Crippen LogP contribution in [0.25, 0.3) is 22.4 Å². The molecule has 3 N–H and O–H groups in total. The number of aromatic nitrogens is 3. The third-order valence-electron chi connectivity index (χ3n) is 2.77. The summed E-state index contributed by atoms with van der Waals surface area (Å²) in [4.78, 5) is 12.1. The lowest BCUT2D eigenvalue weighted by Crippen LogP contribution is -1.85. The summed E-state index contributed by atoms with van der Waals surface area (Å²) in [5.41, 5.74) is 10.3. The summed E-state index contributed by atoms with van der Waals surface area (Å²) >= 11 is 0. The highest BCUT2D eigenvalue weighted by Crippen LogP contribution is 2.22. The van der Waals surface area contributed by atoms with E-state index >= 15 is 0 Å². The Morgan fingerprint density at radius 1 is 1.12 bits per heavy atom. The van der Waals surface area contributed by atoms with Crippen LogP contribution < -0.4 is 5.73 Å². The summed E-state index contributed by atoms with van der Waals surface area (Å²) in [6.07, 6.45) is 1.78. The van der Waals surface area contributed by atoms with E-state index in [1.165, 1.54) is 0 Å².